The van der Waals surface area contributed by atoms with Crippen LogP contribution in [-0.4, -0.2) is 51.1 Å². The van der Waals surface area contributed by atoms with Gasteiger partial charge in [0, 0.05) is 30.7 Å². The molecule has 4 rings (SSSR count). The first-order chi connectivity index (χ1) is 13.5. The van der Waals surface area contributed by atoms with Gasteiger partial charge < -0.3 is 9.47 Å². The summed E-state index contributed by atoms with van der Waals surface area (Å²) in [6.45, 7) is 1.13. The van der Waals surface area contributed by atoms with E-state index in [1.54, 1.807) is 46.0 Å². The molecule has 1 aromatic heterocycles. The number of halogens is 1. The zero-order valence-electron chi connectivity index (χ0n) is 15.0. The van der Waals surface area contributed by atoms with E-state index >= 15 is 0 Å². The van der Waals surface area contributed by atoms with Gasteiger partial charge in [0.25, 0.3) is 11.1 Å². The van der Waals surface area contributed by atoms with E-state index in [9.17, 15) is 18.8 Å². The number of hydrogen-bond donors (Lipinski definition) is 0. The Labute approximate surface area is 165 Å². The summed E-state index contributed by atoms with van der Waals surface area (Å²) in [5, 5.41) is -0.441. The third-order valence-corrected chi connectivity index (χ3v) is 5.70. The Morgan fingerprint density at radius 1 is 1.11 bits per heavy atom. The maximum Gasteiger partial charge on any atom is 0.294 e. The molecule has 3 amide bonds. The van der Waals surface area contributed by atoms with E-state index in [-0.39, 0.29) is 23.2 Å². The van der Waals surface area contributed by atoms with Crippen LogP contribution in [0.25, 0.3) is 11.8 Å². The molecule has 0 atom stereocenters. The molecule has 2 aliphatic rings. The second-order valence-electron chi connectivity index (χ2n) is 6.64. The van der Waals surface area contributed by atoms with Crippen LogP contribution in [0.2, 0.25) is 0 Å². The average Bonchev–Trinajstić information content (AvgIpc) is 3.41. The average molecular weight is 399 g/mol. The molecule has 0 aliphatic carbocycles. The first kappa shape index (κ1) is 18.5. The van der Waals surface area contributed by atoms with Gasteiger partial charge >= 0.3 is 0 Å². The second-order valence-corrected chi connectivity index (χ2v) is 7.63. The standard InChI is InChI=1S/C20H18FN3O3S/c21-14-5-7-15(8-6-14)23-11-3-4-16(23)12-17-19(26)24(20(27)28-17)13-18(25)22-9-1-2-10-22/h3-8,11-12H,1-2,9-10,13H2/b17-12+. The van der Waals surface area contributed by atoms with E-state index in [0.717, 1.165) is 35.2 Å². The minimum Gasteiger partial charge on any atom is -0.341 e. The Balaban J connectivity index is 1.54. The molecular weight excluding hydrogens is 381 g/mol. The van der Waals surface area contributed by atoms with E-state index < -0.39 is 11.1 Å². The number of carbonyl (C=O) groups excluding carboxylic acids is 3. The van der Waals surface area contributed by atoms with Gasteiger partial charge in [0.15, 0.2) is 0 Å². The van der Waals surface area contributed by atoms with Crippen molar-refractivity contribution in [3.63, 3.8) is 0 Å². The molecule has 2 fully saturated rings. The Bertz CT molecular complexity index is 961. The molecule has 2 saturated heterocycles. The second kappa shape index (κ2) is 7.63. The van der Waals surface area contributed by atoms with Crippen LogP contribution in [0.15, 0.2) is 47.5 Å². The summed E-state index contributed by atoms with van der Waals surface area (Å²) in [4.78, 5) is 40.2. The maximum atomic E-state index is 13.2. The van der Waals surface area contributed by atoms with Crippen LogP contribution in [0.3, 0.4) is 0 Å². The summed E-state index contributed by atoms with van der Waals surface area (Å²) in [7, 11) is 0. The lowest BCUT2D eigenvalue weighted by atomic mass is 10.3. The minimum absolute atomic E-state index is 0.198. The number of aromatic nitrogens is 1. The maximum absolute atomic E-state index is 13.2. The summed E-state index contributed by atoms with van der Waals surface area (Å²) in [5.74, 6) is -0.994. The van der Waals surface area contributed by atoms with Crippen LogP contribution in [0.5, 0.6) is 0 Å². The minimum atomic E-state index is -0.464. The molecule has 144 valence electrons. The summed E-state index contributed by atoms with van der Waals surface area (Å²) in [6.07, 6.45) is 5.32. The molecule has 28 heavy (non-hydrogen) atoms. The lowest BCUT2D eigenvalue weighted by Crippen LogP contribution is -2.40. The highest BCUT2D eigenvalue weighted by atomic mass is 32.2. The van der Waals surface area contributed by atoms with Crippen LogP contribution in [0, 0.1) is 5.82 Å². The number of benzene rings is 1. The summed E-state index contributed by atoms with van der Waals surface area (Å²) < 4.78 is 15.0. The summed E-state index contributed by atoms with van der Waals surface area (Å²) >= 11 is 0.825. The first-order valence-electron chi connectivity index (χ1n) is 8.99. The topological polar surface area (TPSA) is 62.6 Å². The van der Waals surface area contributed by atoms with Crippen LogP contribution in [0.4, 0.5) is 9.18 Å². The third kappa shape index (κ3) is 3.60. The van der Waals surface area contributed by atoms with Gasteiger partial charge in [-0.05, 0) is 67.1 Å². The summed E-state index contributed by atoms with van der Waals surface area (Å²) in [6, 6.07) is 9.58. The first-order valence-corrected chi connectivity index (χ1v) is 9.81. The van der Waals surface area contributed by atoms with Crippen LogP contribution < -0.4 is 0 Å². The van der Waals surface area contributed by atoms with Crippen molar-refractivity contribution in [2.45, 2.75) is 12.8 Å². The molecule has 0 N–H and O–H groups in total. The number of likely N-dealkylation sites (tertiary alicyclic amines) is 1. The zero-order chi connectivity index (χ0) is 19.7. The smallest absolute Gasteiger partial charge is 0.294 e. The highest BCUT2D eigenvalue weighted by Gasteiger charge is 2.37. The highest BCUT2D eigenvalue weighted by Crippen LogP contribution is 2.32. The van der Waals surface area contributed by atoms with Crippen molar-refractivity contribution in [1.29, 1.82) is 0 Å². The van der Waals surface area contributed by atoms with Crippen molar-refractivity contribution in [3.8, 4) is 5.69 Å². The lowest BCUT2D eigenvalue weighted by molar-refractivity contribution is -0.135. The molecule has 0 bridgehead atoms. The fourth-order valence-electron chi connectivity index (χ4n) is 3.32. The van der Waals surface area contributed by atoms with Gasteiger partial charge in [0.1, 0.15) is 12.4 Å². The number of rotatable bonds is 4. The van der Waals surface area contributed by atoms with E-state index in [0.29, 0.717) is 18.8 Å². The highest BCUT2D eigenvalue weighted by molar-refractivity contribution is 8.18. The van der Waals surface area contributed by atoms with Gasteiger partial charge in [0.2, 0.25) is 5.91 Å². The molecule has 0 spiro atoms. The van der Waals surface area contributed by atoms with Gasteiger partial charge in [-0.25, -0.2) is 4.39 Å². The molecular formula is C20H18FN3O3S. The van der Waals surface area contributed by atoms with Gasteiger partial charge in [-0.3, -0.25) is 19.3 Å². The van der Waals surface area contributed by atoms with E-state index in [4.69, 9.17) is 0 Å². The number of carbonyl (C=O) groups is 3. The predicted molar refractivity (Wildman–Crippen MR) is 104 cm³/mol. The molecule has 1 aromatic carbocycles. The van der Waals surface area contributed by atoms with Crippen molar-refractivity contribution in [2.24, 2.45) is 0 Å². The van der Waals surface area contributed by atoms with Crippen molar-refractivity contribution in [3.05, 3.63) is 59.0 Å². The molecule has 2 aromatic rings. The third-order valence-electron chi connectivity index (χ3n) is 4.79. The monoisotopic (exact) mass is 399 g/mol. The van der Waals surface area contributed by atoms with Crippen LogP contribution >= 0.6 is 11.8 Å². The molecule has 0 saturated carbocycles. The van der Waals surface area contributed by atoms with Gasteiger partial charge in [-0.15, -0.1) is 0 Å². The Morgan fingerprint density at radius 3 is 2.54 bits per heavy atom. The lowest BCUT2D eigenvalue weighted by Gasteiger charge is -2.18. The van der Waals surface area contributed by atoms with E-state index in [1.807, 2.05) is 0 Å². The fourth-order valence-corrected chi connectivity index (χ4v) is 4.14. The van der Waals surface area contributed by atoms with Crippen LogP contribution in [-0.2, 0) is 9.59 Å². The molecule has 8 heteroatoms. The number of nitrogens with zero attached hydrogens (tertiary/aromatic N) is 3. The Morgan fingerprint density at radius 2 is 1.82 bits per heavy atom. The molecule has 6 nitrogen and oxygen atoms in total. The molecule has 0 radical (unpaired) electrons. The molecule has 0 unspecified atom stereocenters. The number of amides is 3. The van der Waals surface area contributed by atoms with Crippen molar-refractivity contribution in [1.82, 2.24) is 14.4 Å². The van der Waals surface area contributed by atoms with Crippen molar-refractivity contribution < 1.29 is 18.8 Å². The van der Waals surface area contributed by atoms with Gasteiger partial charge in [0.05, 0.1) is 4.91 Å². The number of thioether (sulfide) groups is 1. The molecule has 2 aliphatic heterocycles. The SMILES string of the molecule is O=C(CN1C(=O)S/C(=C/c2cccn2-c2ccc(F)cc2)C1=O)N1CCCC1. The number of hydrogen-bond acceptors (Lipinski definition) is 4. The van der Waals surface area contributed by atoms with Gasteiger partial charge in [-0.1, -0.05) is 0 Å². The predicted octanol–water partition coefficient (Wildman–Crippen LogP) is 3.28. The summed E-state index contributed by atoms with van der Waals surface area (Å²) in [5.41, 5.74) is 1.42. The quantitative estimate of drug-likeness (QED) is 0.741. The normalized spacial score (nSPS) is 18.5. The Kier molecular flexibility index (Phi) is 5.04. The van der Waals surface area contributed by atoms with Crippen LogP contribution in [0.1, 0.15) is 18.5 Å². The largest absolute Gasteiger partial charge is 0.341 e. The van der Waals surface area contributed by atoms with E-state index in [1.165, 1.54) is 12.1 Å². The zero-order valence-corrected chi connectivity index (χ0v) is 15.8. The number of imide groups is 1. The fraction of sp³-hybridized carbons (Fsp3) is 0.250. The van der Waals surface area contributed by atoms with Crippen molar-refractivity contribution in [2.75, 3.05) is 19.6 Å². The van der Waals surface area contributed by atoms with Crippen molar-refractivity contribution >= 4 is 34.9 Å². The van der Waals surface area contributed by atoms with Gasteiger partial charge in [-0.2, -0.15) is 0 Å². The molecule has 3 heterocycles. The van der Waals surface area contributed by atoms with E-state index in [2.05, 4.69) is 0 Å². The Hall–Kier alpha value is -2.87.